The molecule has 20 heavy (non-hydrogen) atoms. The van der Waals surface area contributed by atoms with E-state index >= 15 is 0 Å². The molecule has 1 aromatic carbocycles. The molecule has 0 aliphatic rings. The van der Waals surface area contributed by atoms with E-state index in [1.165, 1.54) is 0 Å². The Kier molecular flexibility index (Phi) is 4.31. The quantitative estimate of drug-likeness (QED) is 0.934. The first-order chi connectivity index (χ1) is 9.51. The van der Waals surface area contributed by atoms with Gasteiger partial charge in [0.1, 0.15) is 0 Å². The van der Waals surface area contributed by atoms with Gasteiger partial charge in [-0.3, -0.25) is 4.68 Å². The Morgan fingerprint density at radius 2 is 2.20 bits per heavy atom. The van der Waals surface area contributed by atoms with Crippen molar-refractivity contribution in [3.8, 4) is 6.07 Å². The maximum absolute atomic E-state index is 8.92. The van der Waals surface area contributed by atoms with Crippen LogP contribution in [0.5, 0.6) is 0 Å². The second-order valence-electron chi connectivity index (χ2n) is 5.03. The summed E-state index contributed by atoms with van der Waals surface area (Å²) in [5.74, 6) is 0.369. The summed E-state index contributed by atoms with van der Waals surface area (Å²) in [5, 5.41) is 17.3. The van der Waals surface area contributed by atoms with Crippen LogP contribution in [0.1, 0.15) is 36.6 Å². The fourth-order valence-corrected chi connectivity index (χ4v) is 2.28. The van der Waals surface area contributed by atoms with E-state index < -0.39 is 0 Å². The summed E-state index contributed by atoms with van der Waals surface area (Å²) in [6, 6.07) is 7.31. The Labute approximate surface area is 124 Å². The van der Waals surface area contributed by atoms with Crippen molar-refractivity contribution in [2.24, 2.45) is 7.05 Å². The van der Waals surface area contributed by atoms with E-state index in [-0.39, 0.29) is 0 Å². The molecule has 0 unspecified atom stereocenters. The maximum Gasteiger partial charge on any atom is 0.0992 e. The molecule has 2 rings (SSSR count). The summed E-state index contributed by atoms with van der Waals surface area (Å²) >= 11 is 6.13. The first-order valence-electron chi connectivity index (χ1n) is 6.47. The minimum atomic E-state index is 0.369. The molecule has 0 atom stereocenters. The summed E-state index contributed by atoms with van der Waals surface area (Å²) < 4.78 is 1.82. The van der Waals surface area contributed by atoms with Gasteiger partial charge in [0, 0.05) is 25.4 Å². The van der Waals surface area contributed by atoms with E-state index in [9.17, 15) is 0 Å². The number of hydrogen-bond donors (Lipinski definition) is 1. The number of aryl methyl sites for hydroxylation is 1. The van der Waals surface area contributed by atoms with E-state index in [0.717, 1.165) is 16.9 Å². The first kappa shape index (κ1) is 14.4. The summed E-state index contributed by atoms with van der Waals surface area (Å²) in [5.41, 5.74) is 3.57. The van der Waals surface area contributed by atoms with Crippen LogP contribution in [0, 0.1) is 11.3 Å². The Morgan fingerprint density at radius 3 is 2.85 bits per heavy atom. The van der Waals surface area contributed by atoms with Crippen LogP contribution >= 0.6 is 11.6 Å². The lowest BCUT2D eigenvalue weighted by Crippen LogP contribution is -2.03. The third-order valence-corrected chi connectivity index (χ3v) is 3.38. The molecule has 0 spiro atoms. The van der Waals surface area contributed by atoms with E-state index in [2.05, 4.69) is 30.3 Å². The van der Waals surface area contributed by atoms with Gasteiger partial charge in [-0.1, -0.05) is 25.4 Å². The molecule has 1 N–H and O–H groups in total. The Hall–Kier alpha value is -1.99. The predicted octanol–water partition coefficient (Wildman–Crippen LogP) is 3.68. The van der Waals surface area contributed by atoms with Crippen LogP contribution < -0.4 is 5.32 Å². The van der Waals surface area contributed by atoms with Gasteiger partial charge < -0.3 is 5.32 Å². The molecule has 0 saturated heterocycles. The number of nitrogens with zero attached hydrogens (tertiary/aromatic N) is 3. The predicted molar refractivity (Wildman–Crippen MR) is 80.8 cm³/mol. The zero-order valence-corrected chi connectivity index (χ0v) is 12.6. The molecule has 0 saturated carbocycles. The number of benzene rings is 1. The van der Waals surface area contributed by atoms with E-state index in [0.29, 0.717) is 23.0 Å². The topological polar surface area (TPSA) is 53.6 Å². The van der Waals surface area contributed by atoms with Crippen molar-refractivity contribution in [3.05, 3.63) is 46.2 Å². The summed E-state index contributed by atoms with van der Waals surface area (Å²) in [7, 11) is 1.92. The van der Waals surface area contributed by atoms with Crippen LogP contribution in [-0.4, -0.2) is 9.78 Å². The monoisotopic (exact) mass is 288 g/mol. The second-order valence-corrected chi connectivity index (χ2v) is 5.44. The number of halogens is 1. The van der Waals surface area contributed by atoms with Gasteiger partial charge in [-0.25, -0.2) is 0 Å². The molecule has 4 nitrogen and oxygen atoms in total. The Bertz CT molecular complexity index is 652. The van der Waals surface area contributed by atoms with Crippen molar-refractivity contribution in [3.63, 3.8) is 0 Å². The van der Waals surface area contributed by atoms with Crippen LogP contribution in [0.2, 0.25) is 5.02 Å². The van der Waals surface area contributed by atoms with Gasteiger partial charge in [0.15, 0.2) is 0 Å². The zero-order valence-electron chi connectivity index (χ0n) is 11.8. The number of nitrogens with one attached hydrogen (secondary N) is 1. The Balaban J connectivity index is 2.19. The molecular weight excluding hydrogens is 272 g/mol. The molecule has 0 amide bonds. The molecule has 0 bridgehead atoms. The molecular formula is C15H17ClN4. The molecule has 1 heterocycles. The lowest BCUT2D eigenvalue weighted by Gasteiger charge is -2.10. The zero-order chi connectivity index (χ0) is 14.7. The third kappa shape index (κ3) is 3.12. The average Bonchev–Trinajstić information content (AvgIpc) is 2.79. The minimum Gasteiger partial charge on any atom is -0.380 e. The first-order valence-corrected chi connectivity index (χ1v) is 6.85. The van der Waals surface area contributed by atoms with E-state index in [1.54, 1.807) is 18.2 Å². The normalized spacial score (nSPS) is 10.6. The van der Waals surface area contributed by atoms with E-state index in [1.807, 2.05) is 17.9 Å². The molecule has 0 aliphatic carbocycles. The highest BCUT2D eigenvalue weighted by molar-refractivity contribution is 6.33. The molecule has 104 valence electrons. The fourth-order valence-electron chi connectivity index (χ4n) is 2.10. The summed E-state index contributed by atoms with van der Waals surface area (Å²) in [4.78, 5) is 0. The smallest absolute Gasteiger partial charge is 0.0992 e. The Morgan fingerprint density at radius 1 is 1.45 bits per heavy atom. The van der Waals surface area contributed by atoms with Crippen molar-refractivity contribution < 1.29 is 0 Å². The van der Waals surface area contributed by atoms with Crippen molar-refractivity contribution in [2.75, 3.05) is 5.32 Å². The molecule has 1 aromatic heterocycles. The maximum atomic E-state index is 8.92. The lowest BCUT2D eigenvalue weighted by molar-refractivity contribution is 0.712. The number of hydrogen-bond acceptors (Lipinski definition) is 3. The number of anilines is 1. The molecule has 0 fully saturated rings. The SMILES string of the molecule is CC(C)c1nn(C)cc1CNc1cc(C#N)ccc1Cl. The van der Waals surface area contributed by atoms with Crippen LogP contribution in [0.3, 0.4) is 0 Å². The molecule has 0 aliphatic heterocycles. The molecule has 0 radical (unpaired) electrons. The largest absolute Gasteiger partial charge is 0.380 e. The molecule has 5 heteroatoms. The van der Waals surface area contributed by atoms with Gasteiger partial charge in [-0.15, -0.1) is 0 Å². The van der Waals surface area contributed by atoms with Crippen LogP contribution in [0.15, 0.2) is 24.4 Å². The highest BCUT2D eigenvalue weighted by Crippen LogP contribution is 2.24. The van der Waals surface area contributed by atoms with Crippen molar-refractivity contribution in [2.45, 2.75) is 26.3 Å². The van der Waals surface area contributed by atoms with Gasteiger partial charge in [-0.05, 0) is 24.1 Å². The number of rotatable bonds is 4. The molecule has 2 aromatic rings. The van der Waals surface area contributed by atoms with Gasteiger partial charge >= 0.3 is 0 Å². The highest BCUT2D eigenvalue weighted by atomic mass is 35.5. The lowest BCUT2D eigenvalue weighted by atomic mass is 10.1. The van der Waals surface area contributed by atoms with Crippen LogP contribution in [0.4, 0.5) is 5.69 Å². The number of aromatic nitrogens is 2. The van der Waals surface area contributed by atoms with Crippen molar-refractivity contribution in [1.29, 1.82) is 5.26 Å². The van der Waals surface area contributed by atoms with Crippen molar-refractivity contribution >= 4 is 17.3 Å². The highest BCUT2D eigenvalue weighted by Gasteiger charge is 2.11. The third-order valence-electron chi connectivity index (χ3n) is 3.05. The minimum absolute atomic E-state index is 0.369. The summed E-state index contributed by atoms with van der Waals surface area (Å²) in [6.07, 6.45) is 2.00. The van der Waals surface area contributed by atoms with Gasteiger partial charge in [0.05, 0.1) is 28.0 Å². The number of nitriles is 1. The van der Waals surface area contributed by atoms with Crippen LogP contribution in [-0.2, 0) is 13.6 Å². The van der Waals surface area contributed by atoms with Crippen molar-refractivity contribution in [1.82, 2.24) is 9.78 Å². The average molecular weight is 289 g/mol. The standard InChI is InChI=1S/C15H17ClN4/c1-10(2)15-12(9-20(3)19-15)8-18-14-6-11(7-17)4-5-13(14)16/h4-6,9-10,18H,8H2,1-3H3. The van der Waals surface area contributed by atoms with E-state index in [4.69, 9.17) is 16.9 Å². The van der Waals surface area contributed by atoms with Gasteiger partial charge in [0.25, 0.3) is 0 Å². The summed E-state index contributed by atoms with van der Waals surface area (Å²) in [6.45, 7) is 4.88. The van der Waals surface area contributed by atoms with Gasteiger partial charge in [0.2, 0.25) is 0 Å². The van der Waals surface area contributed by atoms with Crippen LogP contribution in [0.25, 0.3) is 0 Å². The fraction of sp³-hybridized carbons (Fsp3) is 0.333. The van der Waals surface area contributed by atoms with Gasteiger partial charge in [-0.2, -0.15) is 10.4 Å². The second kappa shape index (κ2) is 5.98.